The van der Waals surface area contributed by atoms with E-state index in [0.29, 0.717) is 24.1 Å². The summed E-state index contributed by atoms with van der Waals surface area (Å²) in [5.74, 6) is 0.571. The molecule has 1 aromatic heterocycles. The van der Waals surface area contributed by atoms with Crippen LogP contribution in [0.1, 0.15) is 31.9 Å². The first-order chi connectivity index (χ1) is 18.3. The predicted molar refractivity (Wildman–Crippen MR) is 157 cm³/mol. The number of benzene rings is 3. The van der Waals surface area contributed by atoms with Gasteiger partial charge in [-0.1, -0.05) is 99.1 Å². The molecular formula is C32H34ClNO3Si. The Balaban J connectivity index is 1.53. The minimum Gasteiger partial charge on any atom is -0.481 e. The van der Waals surface area contributed by atoms with E-state index < -0.39 is 8.32 Å². The summed E-state index contributed by atoms with van der Waals surface area (Å²) in [5, 5.41) is 3.12. The normalized spacial score (nSPS) is 15.7. The molecule has 4 nitrogen and oxygen atoms in total. The minimum atomic E-state index is -2.68. The number of pyridine rings is 1. The number of hydrogen-bond acceptors (Lipinski definition) is 4. The second-order valence-electron chi connectivity index (χ2n) is 10.8. The van der Waals surface area contributed by atoms with E-state index >= 15 is 0 Å². The molecule has 196 valence electrons. The highest BCUT2D eigenvalue weighted by atomic mass is 35.5. The van der Waals surface area contributed by atoms with Crippen molar-refractivity contribution >= 4 is 30.3 Å². The summed E-state index contributed by atoms with van der Waals surface area (Å²) in [4.78, 5) is 4.44. The van der Waals surface area contributed by atoms with Crippen LogP contribution in [0.15, 0.2) is 91.1 Å². The Morgan fingerprint density at radius 2 is 1.53 bits per heavy atom. The summed E-state index contributed by atoms with van der Waals surface area (Å²) < 4.78 is 19.2. The van der Waals surface area contributed by atoms with Gasteiger partial charge in [0.05, 0.1) is 26.4 Å². The van der Waals surface area contributed by atoms with Gasteiger partial charge in [-0.05, 0) is 44.2 Å². The Morgan fingerprint density at radius 3 is 2.13 bits per heavy atom. The van der Waals surface area contributed by atoms with E-state index in [9.17, 15) is 0 Å². The lowest BCUT2D eigenvalue weighted by Crippen LogP contribution is -2.67. The first-order valence-electron chi connectivity index (χ1n) is 13.0. The molecule has 0 amide bonds. The number of ether oxygens (including phenoxy) is 2. The average molecular weight is 544 g/mol. The van der Waals surface area contributed by atoms with Gasteiger partial charge in [-0.3, -0.25) is 0 Å². The SMILES string of the molecule is COc1cc2c(cn1)COC(CO[Si](c1ccccc1)(c1ccccc1)C(C)(C)C)Cc1ccc(Cl)cc1-2. The monoisotopic (exact) mass is 543 g/mol. The standard InChI is InChI=1S/C32H34ClNO3Si/c1-32(2,3)38(27-11-7-5-8-12-27,28-13-9-6-10-14-28)37-22-26-17-23-15-16-25(33)18-29(23)30-19-31(35-4)34-20-24(30)21-36-26/h5-16,18-20,26H,17,21-22H2,1-4H3. The fourth-order valence-electron chi connectivity index (χ4n) is 5.52. The van der Waals surface area contributed by atoms with Crippen LogP contribution >= 0.6 is 11.6 Å². The zero-order valence-electron chi connectivity index (χ0n) is 22.4. The second-order valence-corrected chi connectivity index (χ2v) is 15.5. The van der Waals surface area contributed by atoms with Crippen molar-refractivity contribution in [2.75, 3.05) is 13.7 Å². The summed E-state index contributed by atoms with van der Waals surface area (Å²) in [6.45, 7) is 7.81. The van der Waals surface area contributed by atoms with E-state index in [0.717, 1.165) is 23.1 Å². The first-order valence-corrected chi connectivity index (χ1v) is 15.3. The molecule has 0 saturated heterocycles. The van der Waals surface area contributed by atoms with Crippen LogP contribution in [0.5, 0.6) is 5.88 Å². The summed E-state index contributed by atoms with van der Waals surface area (Å²) in [5.41, 5.74) is 4.30. The number of methoxy groups -OCH3 is 1. The van der Waals surface area contributed by atoms with Crippen molar-refractivity contribution in [1.82, 2.24) is 4.98 Å². The first kappa shape index (κ1) is 26.6. The van der Waals surface area contributed by atoms with E-state index in [-0.39, 0.29) is 11.1 Å². The van der Waals surface area contributed by atoms with E-state index in [1.54, 1.807) is 7.11 Å². The molecule has 1 aliphatic rings. The Kier molecular flexibility index (Phi) is 7.73. The van der Waals surface area contributed by atoms with Crippen molar-refractivity contribution < 1.29 is 13.9 Å². The summed E-state index contributed by atoms with van der Waals surface area (Å²) in [7, 11) is -1.05. The molecule has 0 bridgehead atoms. The molecule has 0 radical (unpaired) electrons. The van der Waals surface area contributed by atoms with Gasteiger partial charge in [-0.2, -0.15) is 0 Å². The van der Waals surface area contributed by atoms with E-state index in [4.69, 9.17) is 25.5 Å². The predicted octanol–water partition coefficient (Wildman–Crippen LogP) is 6.43. The van der Waals surface area contributed by atoms with Gasteiger partial charge in [0.1, 0.15) is 0 Å². The van der Waals surface area contributed by atoms with E-state index in [2.05, 4.69) is 92.5 Å². The molecule has 1 aliphatic heterocycles. The van der Waals surface area contributed by atoms with Crippen molar-refractivity contribution in [2.24, 2.45) is 0 Å². The van der Waals surface area contributed by atoms with Crippen molar-refractivity contribution in [3.8, 4) is 17.0 Å². The number of fused-ring (bicyclic) bond motifs is 3. The van der Waals surface area contributed by atoms with Crippen molar-refractivity contribution in [2.45, 2.75) is 44.9 Å². The van der Waals surface area contributed by atoms with Gasteiger partial charge in [0.2, 0.25) is 5.88 Å². The van der Waals surface area contributed by atoms with Crippen molar-refractivity contribution in [3.05, 3.63) is 107 Å². The van der Waals surface area contributed by atoms with Crippen LogP contribution in [0.3, 0.4) is 0 Å². The lowest BCUT2D eigenvalue weighted by molar-refractivity contribution is 0.00691. The maximum atomic E-state index is 7.22. The van der Waals surface area contributed by atoms with Gasteiger partial charge in [-0.15, -0.1) is 0 Å². The van der Waals surface area contributed by atoms with Gasteiger partial charge in [-0.25, -0.2) is 4.98 Å². The Bertz CT molecular complexity index is 1350. The Labute approximate surface area is 231 Å². The molecule has 0 saturated carbocycles. The largest absolute Gasteiger partial charge is 0.481 e. The molecule has 0 N–H and O–H groups in total. The van der Waals surface area contributed by atoms with E-state index in [1.165, 1.54) is 15.9 Å². The molecule has 0 fully saturated rings. The zero-order chi connectivity index (χ0) is 26.8. The number of rotatable bonds is 6. The maximum Gasteiger partial charge on any atom is 0.261 e. The average Bonchev–Trinajstić information content (AvgIpc) is 2.92. The molecule has 0 aliphatic carbocycles. The molecule has 2 heterocycles. The highest BCUT2D eigenvalue weighted by Crippen LogP contribution is 2.38. The number of aromatic nitrogens is 1. The summed E-state index contributed by atoms with van der Waals surface area (Å²) >= 11 is 6.46. The molecule has 5 rings (SSSR count). The van der Waals surface area contributed by atoms with Crippen LogP contribution in [-0.2, 0) is 22.2 Å². The molecule has 3 aromatic carbocycles. The molecular weight excluding hydrogens is 510 g/mol. The number of halogens is 1. The van der Waals surface area contributed by atoms with Gasteiger partial charge >= 0.3 is 0 Å². The third-order valence-electron chi connectivity index (χ3n) is 7.36. The van der Waals surface area contributed by atoms with Crippen LogP contribution in [0.25, 0.3) is 11.1 Å². The quantitative estimate of drug-likeness (QED) is 0.263. The fourth-order valence-corrected chi connectivity index (χ4v) is 10.3. The van der Waals surface area contributed by atoms with Gasteiger partial charge in [0, 0.05) is 29.3 Å². The molecule has 6 heteroatoms. The van der Waals surface area contributed by atoms with Crippen LogP contribution < -0.4 is 15.1 Å². The summed E-state index contributed by atoms with van der Waals surface area (Å²) in [6, 6.07) is 29.5. The Hall–Kier alpha value is -2.96. The van der Waals surface area contributed by atoms with E-state index in [1.807, 2.05) is 24.4 Å². The third-order valence-corrected chi connectivity index (χ3v) is 12.6. The lowest BCUT2D eigenvalue weighted by atomic mass is 9.92. The minimum absolute atomic E-state index is 0.101. The number of hydrogen-bond donors (Lipinski definition) is 0. The zero-order valence-corrected chi connectivity index (χ0v) is 24.2. The van der Waals surface area contributed by atoms with Gasteiger partial charge in [0.15, 0.2) is 0 Å². The van der Waals surface area contributed by atoms with Crippen LogP contribution in [0, 0.1) is 0 Å². The summed E-state index contributed by atoms with van der Waals surface area (Å²) in [6.07, 6.45) is 2.42. The molecule has 1 unspecified atom stereocenters. The second kappa shape index (κ2) is 11.0. The lowest BCUT2D eigenvalue weighted by Gasteiger charge is -2.43. The topological polar surface area (TPSA) is 40.6 Å². The van der Waals surface area contributed by atoms with Crippen molar-refractivity contribution in [1.29, 1.82) is 0 Å². The fraction of sp³-hybridized carbons (Fsp3) is 0.281. The number of nitrogens with zero attached hydrogens (tertiary/aromatic N) is 1. The van der Waals surface area contributed by atoms with Crippen LogP contribution in [0.2, 0.25) is 10.1 Å². The molecule has 4 aromatic rings. The molecule has 38 heavy (non-hydrogen) atoms. The van der Waals surface area contributed by atoms with Crippen molar-refractivity contribution in [3.63, 3.8) is 0 Å². The van der Waals surface area contributed by atoms with Gasteiger partial charge < -0.3 is 13.9 Å². The molecule has 0 spiro atoms. The van der Waals surface area contributed by atoms with Crippen LogP contribution in [0.4, 0.5) is 0 Å². The maximum absolute atomic E-state index is 7.22. The Morgan fingerprint density at radius 1 is 0.895 bits per heavy atom. The molecule has 1 atom stereocenters. The van der Waals surface area contributed by atoms with Gasteiger partial charge in [0.25, 0.3) is 8.32 Å². The highest BCUT2D eigenvalue weighted by molar-refractivity contribution is 6.99. The third kappa shape index (κ3) is 5.16. The smallest absolute Gasteiger partial charge is 0.261 e. The highest BCUT2D eigenvalue weighted by Gasteiger charge is 2.50. The van der Waals surface area contributed by atoms with Crippen LogP contribution in [-0.4, -0.2) is 33.1 Å².